The van der Waals surface area contributed by atoms with Crippen molar-refractivity contribution < 1.29 is 22.7 Å². The van der Waals surface area contributed by atoms with E-state index >= 15 is 0 Å². The molecule has 1 fully saturated rings. The lowest BCUT2D eigenvalue weighted by Gasteiger charge is -2.15. The zero-order valence-electron chi connectivity index (χ0n) is 16.1. The van der Waals surface area contributed by atoms with Crippen molar-refractivity contribution in [2.45, 2.75) is 32.0 Å². The Kier molecular flexibility index (Phi) is 5.19. The molecule has 9 heteroatoms. The van der Waals surface area contributed by atoms with E-state index in [1.54, 1.807) is 36.5 Å². The zero-order valence-corrected chi connectivity index (χ0v) is 16.1. The van der Waals surface area contributed by atoms with Gasteiger partial charge in [-0.3, -0.25) is 4.79 Å². The normalized spacial score (nSPS) is 14.9. The molecule has 1 unspecified atom stereocenters. The molecule has 0 bridgehead atoms. The second-order valence-corrected chi connectivity index (χ2v) is 7.20. The van der Waals surface area contributed by atoms with Gasteiger partial charge >= 0.3 is 6.18 Å². The Morgan fingerprint density at radius 2 is 1.90 bits per heavy atom. The van der Waals surface area contributed by atoms with Crippen molar-refractivity contribution in [3.05, 3.63) is 66.0 Å². The second kappa shape index (κ2) is 7.81. The summed E-state index contributed by atoms with van der Waals surface area (Å²) in [7, 11) is 0. The first-order valence-corrected chi connectivity index (χ1v) is 9.47. The largest absolute Gasteiger partial charge is 0.439 e. The summed E-state index contributed by atoms with van der Waals surface area (Å²) in [6.45, 7) is 2.09. The molecular formula is C21H19F3N4O2. The van der Waals surface area contributed by atoms with Gasteiger partial charge in [-0.25, -0.2) is 9.67 Å². The lowest BCUT2D eigenvalue weighted by Crippen LogP contribution is -2.18. The van der Waals surface area contributed by atoms with E-state index in [4.69, 9.17) is 4.74 Å². The fraction of sp³-hybridized carbons (Fsp3) is 0.286. The molecule has 1 aliphatic carbocycles. The van der Waals surface area contributed by atoms with Gasteiger partial charge in [-0.1, -0.05) is 0 Å². The molecule has 6 nitrogen and oxygen atoms in total. The number of ether oxygens (including phenoxy) is 1. The maximum absolute atomic E-state index is 12.6. The van der Waals surface area contributed by atoms with Gasteiger partial charge in [-0.15, -0.1) is 0 Å². The topological polar surface area (TPSA) is 69.0 Å². The van der Waals surface area contributed by atoms with Crippen LogP contribution in [0.1, 0.15) is 41.7 Å². The molecule has 3 aromatic rings. The van der Waals surface area contributed by atoms with Crippen molar-refractivity contribution in [1.29, 1.82) is 0 Å². The van der Waals surface area contributed by atoms with Crippen LogP contribution in [-0.2, 0) is 6.18 Å². The van der Waals surface area contributed by atoms with Crippen molar-refractivity contribution in [2.24, 2.45) is 5.92 Å². The first-order valence-electron chi connectivity index (χ1n) is 9.47. The number of nitrogens with zero attached hydrogens (tertiary/aromatic N) is 3. The monoisotopic (exact) mass is 416 g/mol. The maximum Gasteiger partial charge on any atom is 0.417 e. The van der Waals surface area contributed by atoms with Crippen LogP contribution in [0.2, 0.25) is 0 Å². The summed E-state index contributed by atoms with van der Waals surface area (Å²) < 4.78 is 45.0. The van der Waals surface area contributed by atoms with Crippen LogP contribution in [0, 0.1) is 5.92 Å². The van der Waals surface area contributed by atoms with E-state index in [1.165, 1.54) is 12.8 Å². The predicted molar refractivity (Wildman–Crippen MR) is 103 cm³/mol. The Bertz CT molecular complexity index is 1030. The van der Waals surface area contributed by atoms with Crippen molar-refractivity contribution in [3.63, 3.8) is 0 Å². The highest BCUT2D eigenvalue weighted by molar-refractivity contribution is 6.03. The van der Waals surface area contributed by atoms with Gasteiger partial charge in [0.25, 0.3) is 5.91 Å². The minimum Gasteiger partial charge on any atom is -0.439 e. The highest BCUT2D eigenvalue weighted by Crippen LogP contribution is 2.40. The Labute approximate surface area is 170 Å². The smallest absolute Gasteiger partial charge is 0.417 e. The SMILES string of the molecule is CC(C1CC1)n1nccc1NC(=O)c1ccc(Oc2ccc(C(F)(F)F)cn2)cc1. The van der Waals surface area contributed by atoms with Crippen LogP contribution >= 0.6 is 0 Å². The molecule has 0 aliphatic heterocycles. The van der Waals surface area contributed by atoms with Crippen LogP contribution < -0.4 is 10.1 Å². The van der Waals surface area contributed by atoms with Crippen molar-refractivity contribution in [3.8, 4) is 11.6 Å². The average molecular weight is 416 g/mol. The molecule has 156 valence electrons. The molecule has 1 N–H and O–H groups in total. The van der Waals surface area contributed by atoms with E-state index < -0.39 is 11.7 Å². The number of carbonyl (C=O) groups excluding carboxylic acids is 1. The molecule has 1 amide bonds. The molecule has 0 spiro atoms. The third-order valence-electron chi connectivity index (χ3n) is 5.00. The first-order chi connectivity index (χ1) is 14.3. The van der Waals surface area contributed by atoms with E-state index in [9.17, 15) is 18.0 Å². The number of pyridine rings is 1. The Balaban J connectivity index is 1.40. The van der Waals surface area contributed by atoms with Crippen LogP contribution in [-0.4, -0.2) is 20.7 Å². The molecule has 30 heavy (non-hydrogen) atoms. The van der Waals surface area contributed by atoms with Crippen LogP contribution in [0.15, 0.2) is 54.9 Å². The molecule has 1 aliphatic rings. The summed E-state index contributed by atoms with van der Waals surface area (Å²) in [6.07, 6.45) is 0.255. The Hall–Kier alpha value is -3.36. The summed E-state index contributed by atoms with van der Waals surface area (Å²) in [4.78, 5) is 16.2. The van der Waals surface area contributed by atoms with Gasteiger partial charge in [0.1, 0.15) is 11.6 Å². The first kappa shape index (κ1) is 19.9. The van der Waals surface area contributed by atoms with Gasteiger partial charge in [0.15, 0.2) is 0 Å². The fourth-order valence-corrected chi connectivity index (χ4v) is 3.11. The lowest BCUT2D eigenvalue weighted by molar-refractivity contribution is -0.137. The van der Waals surface area contributed by atoms with Crippen LogP contribution in [0.5, 0.6) is 11.6 Å². The number of carbonyl (C=O) groups is 1. The molecule has 1 aromatic carbocycles. The summed E-state index contributed by atoms with van der Waals surface area (Å²) >= 11 is 0. The number of alkyl halides is 3. The number of amides is 1. The van der Waals surface area contributed by atoms with Crippen molar-refractivity contribution in [2.75, 3.05) is 5.32 Å². The molecule has 1 atom stereocenters. The number of halogens is 3. The summed E-state index contributed by atoms with van der Waals surface area (Å²) in [5.74, 6) is 1.31. The van der Waals surface area contributed by atoms with Gasteiger partial charge in [-0.2, -0.15) is 18.3 Å². The number of hydrogen-bond donors (Lipinski definition) is 1. The minimum absolute atomic E-state index is 0.0261. The average Bonchev–Trinajstić information content (AvgIpc) is 3.47. The number of hydrogen-bond acceptors (Lipinski definition) is 4. The molecular weight excluding hydrogens is 397 g/mol. The van der Waals surface area contributed by atoms with Gasteiger partial charge in [-0.05, 0) is 56.0 Å². The highest BCUT2D eigenvalue weighted by atomic mass is 19.4. The van der Waals surface area contributed by atoms with E-state index in [2.05, 4.69) is 22.3 Å². The fourth-order valence-electron chi connectivity index (χ4n) is 3.11. The minimum atomic E-state index is -4.45. The Morgan fingerprint density at radius 3 is 2.50 bits per heavy atom. The quantitative estimate of drug-likeness (QED) is 0.591. The molecule has 2 aromatic heterocycles. The Morgan fingerprint density at radius 1 is 1.17 bits per heavy atom. The molecule has 1 saturated carbocycles. The molecule has 0 radical (unpaired) electrons. The van der Waals surface area contributed by atoms with Gasteiger partial charge < -0.3 is 10.1 Å². The highest BCUT2D eigenvalue weighted by Gasteiger charge is 2.31. The number of benzene rings is 1. The summed E-state index contributed by atoms with van der Waals surface area (Å²) in [6, 6.07) is 10.3. The third-order valence-corrected chi connectivity index (χ3v) is 5.00. The predicted octanol–water partition coefficient (Wildman–Crippen LogP) is 5.31. The molecule has 0 saturated heterocycles. The standard InChI is InChI=1S/C21H19F3N4O2/c1-13(14-2-3-14)28-18(10-11-26-28)27-20(29)15-4-7-17(8-5-15)30-19-9-6-16(12-25-19)21(22,23)24/h4-14H,2-3H2,1H3,(H,27,29). The maximum atomic E-state index is 12.6. The summed E-state index contributed by atoms with van der Waals surface area (Å²) in [5.41, 5.74) is -0.438. The molecule has 2 heterocycles. The second-order valence-electron chi connectivity index (χ2n) is 7.20. The van der Waals surface area contributed by atoms with Gasteiger partial charge in [0.2, 0.25) is 5.88 Å². The van der Waals surface area contributed by atoms with Crippen molar-refractivity contribution in [1.82, 2.24) is 14.8 Å². The molecule has 4 rings (SSSR count). The van der Waals surface area contributed by atoms with Crippen molar-refractivity contribution >= 4 is 11.7 Å². The number of nitrogens with one attached hydrogen (secondary N) is 1. The van der Waals surface area contributed by atoms with E-state index in [0.717, 1.165) is 12.1 Å². The number of rotatable bonds is 6. The van der Waals surface area contributed by atoms with Crippen LogP contribution in [0.4, 0.5) is 19.0 Å². The van der Waals surface area contributed by atoms with E-state index in [-0.39, 0.29) is 17.8 Å². The van der Waals surface area contributed by atoms with Gasteiger partial charge in [0.05, 0.1) is 17.8 Å². The summed E-state index contributed by atoms with van der Waals surface area (Å²) in [5, 5.41) is 7.17. The zero-order chi connectivity index (χ0) is 21.3. The number of anilines is 1. The van der Waals surface area contributed by atoms with Crippen LogP contribution in [0.3, 0.4) is 0 Å². The van der Waals surface area contributed by atoms with Crippen LogP contribution in [0.25, 0.3) is 0 Å². The lowest BCUT2D eigenvalue weighted by atomic mass is 10.2. The van der Waals surface area contributed by atoms with Gasteiger partial charge in [0, 0.05) is 23.9 Å². The van der Waals surface area contributed by atoms with E-state index in [1.807, 2.05) is 4.68 Å². The van der Waals surface area contributed by atoms with E-state index in [0.29, 0.717) is 29.2 Å². The third kappa shape index (κ3) is 4.45. The number of aromatic nitrogens is 3.